The minimum Gasteiger partial charge on any atom is 1.00 e. The van der Waals surface area contributed by atoms with Gasteiger partial charge in [-0.15, -0.1) is 0 Å². The van der Waals surface area contributed by atoms with Gasteiger partial charge in [-0.05, 0) is 0 Å². The van der Waals surface area contributed by atoms with E-state index in [1.165, 1.54) is 0 Å². The van der Waals surface area contributed by atoms with Crippen LogP contribution in [-0.4, -0.2) is 25.5 Å². The Morgan fingerprint density at radius 3 is 2.92 bits per heavy atom. The van der Waals surface area contributed by atoms with Crippen LogP contribution < -0.4 is 34.7 Å². The van der Waals surface area contributed by atoms with Crippen molar-refractivity contribution in [3.05, 3.63) is 22.8 Å². The van der Waals surface area contributed by atoms with Gasteiger partial charge in [0.15, 0.2) is 0 Å². The van der Waals surface area contributed by atoms with E-state index in [-0.39, 0.29) is 35.3 Å². The molecule has 0 saturated carbocycles. The summed E-state index contributed by atoms with van der Waals surface area (Å²) in [5.74, 6) is -1.14. The molecule has 2 aromatic rings. The number of H-pyrrole nitrogens is 1. The summed E-state index contributed by atoms with van der Waals surface area (Å²) in [4.78, 5) is 15.2. The second kappa shape index (κ2) is 3.81. The Bertz CT molecular complexity index is 378. The summed E-state index contributed by atoms with van der Waals surface area (Å²) in [7, 11) is 0. The topological polar surface area (TPSA) is 55.9 Å². The smallest absolute Gasteiger partial charge is 1.00 e. The van der Waals surface area contributed by atoms with E-state index in [0.29, 0.717) is 14.5 Å². The predicted octanol–water partition coefficient (Wildman–Crippen LogP) is -3.41. The Hall–Kier alpha value is 0.00948. The zero-order valence-electron chi connectivity index (χ0n) is 6.46. The molecule has 0 aliphatic rings. The molecule has 2 rings (SSSR count). The molecule has 12 heavy (non-hydrogen) atoms. The van der Waals surface area contributed by atoms with Crippen LogP contribution in [0.2, 0.25) is 0 Å². The van der Waals surface area contributed by atoms with Crippen molar-refractivity contribution in [1.82, 2.24) is 4.98 Å². The first-order valence-electron chi connectivity index (χ1n) is 3.05. The van der Waals surface area contributed by atoms with Crippen molar-refractivity contribution in [3.8, 4) is 0 Å². The molecule has 3 nitrogen and oxygen atoms in total. The Morgan fingerprint density at radius 2 is 2.33 bits per heavy atom. The number of hydrogen-bond acceptors (Lipinski definition) is 2. The van der Waals surface area contributed by atoms with Crippen LogP contribution in [-0.2, 0) is 0 Å². The molecule has 0 unspecified atom stereocenters. The van der Waals surface area contributed by atoms with Crippen LogP contribution in [0.25, 0.3) is 9.78 Å². The minimum absolute atomic E-state index is 0. The summed E-state index contributed by atoms with van der Waals surface area (Å²) in [6.45, 7) is 0. The predicted molar refractivity (Wildman–Crippen MR) is 39.6 cm³/mol. The Kier molecular flexibility index (Phi) is 3.21. The fourth-order valence-electron chi connectivity index (χ4n) is 0.958. The van der Waals surface area contributed by atoms with Crippen LogP contribution >= 0.6 is 0 Å². The van der Waals surface area contributed by atoms with Gasteiger partial charge in [0.1, 0.15) is 0 Å². The molecule has 0 aliphatic carbocycles. The number of carboxylic acid groups (broad SMARTS) is 1. The first kappa shape index (κ1) is 10.1. The van der Waals surface area contributed by atoms with Crippen LogP contribution in [0.4, 0.5) is 0 Å². The van der Waals surface area contributed by atoms with Crippen molar-refractivity contribution in [2.24, 2.45) is 0 Å². The average molecular weight is 236 g/mol. The van der Waals surface area contributed by atoms with Gasteiger partial charge >= 0.3 is 97.5 Å². The molecule has 0 bridgehead atoms. The normalized spacial score (nSPS) is 9.67. The van der Waals surface area contributed by atoms with Gasteiger partial charge in [-0.25, -0.2) is 0 Å². The van der Waals surface area contributed by atoms with Crippen molar-refractivity contribution < 1.29 is 39.5 Å². The van der Waals surface area contributed by atoms with Crippen molar-refractivity contribution in [2.45, 2.75) is 0 Å². The van der Waals surface area contributed by atoms with Crippen LogP contribution in [0.15, 0.2) is 17.1 Å². The van der Waals surface area contributed by atoms with E-state index in [9.17, 15) is 9.90 Å². The first-order valence-corrected chi connectivity index (χ1v) is 4.89. The number of fused-ring (bicyclic) bond motifs is 1. The number of aromatic carboxylic acids is 1. The zero-order valence-corrected chi connectivity index (χ0v) is 10.2. The maximum Gasteiger partial charge on any atom is 1.00 e. The molecule has 0 radical (unpaired) electrons. The van der Waals surface area contributed by atoms with Crippen molar-refractivity contribution in [1.29, 1.82) is 0 Å². The van der Waals surface area contributed by atoms with E-state index in [0.717, 1.165) is 9.78 Å². The number of carboxylic acids is 1. The Balaban J connectivity index is 0.000000720. The van der Waals surface area contributed by atoms with Gasteiger partial charge in [0, 0.05) is 0 Å². The molecule has 0 fully saturated rings. The Morgan fingerprint density at radius 1 is 1.58 bits per heavy atom. The molecule has 0 atom stereocenters. The molecule has 0 amide bonds. The van der Waals surface area contributed by atoms with Crippen molar-refractivity contribution in [2.75, 3.05) is 0 Å². The van der Waals surface area contributed by atoms with Gasteiger partial charge in [-0.1, -0.05) is 0 Å². The molecule has 2 aromatic heterocycles. The SMILES string of the molecule is O=C([O-])c1cc2[se]ccc2[nH]1.[Na+]. The van der Waals surface area contributed by atoms with Gasteiger partial charge in [0.2, 0.25) is 0 Å². The van der Waals surface area contributed by atoms with Gasteiger partial charge in [0.25, 0.3) is 0 Å². The quantitative estimate of drug-likeness (QED) is 0.524. The third-order valence-corrected chi connectivity index (χ3v) is 3.27. The second-order valence-electron chi connectivity index (χ2n) is 2.17. The van der Waals surface area contributed by atoms with Gasteiger partial charge < -0.3 is 0 Å². The van der Waals surface area contributed by atoms with Crippen LogP contribution in [0.1, 0.15) is 10.5 Å². The molecule has 0 spiro atoms. The molecule has 56 valence electrons. The number of carbonyl (C=O) groups excluding carboxylic acids is 1. The number of aromatic nitrogens is 1. The first-order chi connectivity index (χ1) is 5.27. The number of rotatable bonds is 1. The third kappa shape index (κ3) is 1.68. The number of nitrogens with one attached hydrogen (secondary N) is 1. The Labute approximate surface area is 96.8 Å². The van der Waals surface area contributed by atoms with E-state index in [1.807, 2.05) is 11.0 Å². The maximum absolute atomic E-state index is 10.3. The summed E-state index contributed by atoms with van der Waals surface area (Å²) >= 11 is 0.305. The summed E-state index contributed by atoms with van der Waals surface area (Å²) in [5, 5.41) is 10.3. The molecule has 0 aliphatic heterocycles. The van der Waals surface area contributed by atoms with Gasteiger partial charge in [-0.2, -0.15) is 0 Å². The number of carbonyl (C=O) groups is 1. The molecule has 0 aromatic carbocycles. The summed E-state index contributed by atoms with van der Waals surface area (Å²) < 4.78 is 1.09. The zero-order chi connectivity index (χ0) is 7.84. The molecule has 0 saturated heterocycles. The standard InChI is InChI=1S/C7H5NO2Se.Na/c9-7(10)5-3-6-4(8-5)1-2-11-6;/h1-3,8H,(H,9,10);/q;+1/p-1. The van der Waals surface area contributed by atoms with E-state index in [1.54, 1.807) is 6.07 Å². The molecular weight excluding hydrogens is 232 g/mol. The fourth-order valence-corrected chi connectivity index (χ4v) is 2.60. The van der Waals surface area contributed by atoms with E-state index in [4.69, 9.17) is 0 Å². The molecule has 1 N–H and O–H groups in total. The van der Waals surface area contributed by atoms with Crippen molar-refractivity contribution in [3.63, 3.8) is 0 Å². The average Bonchev–Trinajstić information content (AvgIpc) is 2.40. The van der Waals surface area contributed by atoms with Crippen molar-refractivity contribution >= 4 is 30.2 Å². The third-order valence-electron chi connectivity index (χ3n) is 1.46. The van der Waals surface area contributed by atoms with E-state index >= 15 is 0 Å². The monoisotopic (exact) mass is 237 g/mol. The largest absolute Gasteiger partial charge is 1.00 e. The fraction of sp³-hybridized carbons (Fsp3) is 0. The second-order valence-corrected chi connectivity index (χ2v) is 4.16. The van der Waals surface area contributed by atoms with Gasteiger partial charge in [0.05, 0.1) is 0 Å². The van der Waals surface area contributed by atoms with Crippen LogP contribution in [0, 0.1) is 0 Å². The number of aromatic amines is 1. The van der Waals surface area contributed by atoms with Gasteiger partial charge in [-0.3, -0.25) is 0 Å². The molecule has 5 heteroatoms. The summed E-state index contributed by atoms with van der Waals surface area (Å²) in [5.41, 5.74) is 1.10. The number of hydrogen-bond donors (Lipinski definition) is 1. The van der Waals surface area contributed by atoms with E-state index < -0.39 is 5.97 Å². The molecule has 2 heterocycles. The van der Waals surface area contributed by atoms with E-state index in [2.05, 4.69) is 4.98 Å². The summed E-state index contributed by atoms with van der Waals surface area (Å²) in [6.07, 6.45) is 0. The summed E-state index contributed by atoms with van der Waals surface area (Å²) in [6, 6.07) is 3.55. The van der Waals surface area contributed by atoms with Crippen LogP contribution in [0.3, 0.4) is 0 Å². The minimum atomic E-state index is -1.14. The molecular formula is C7H4NNaO2Se. The maximum atomic E-state index is 10.3. The van der Waals surface area contributed by atoms with Crippen LogP contribution in [0.5, 0.6) is 0 Å².